The van der Waals surface area contributed by atoms with Crippen LogP contribution in [0.5, 0.6) is 0 Å². The molecular weight excluding hydrogens is 402 g/mol. The maximum absolute atomic E-state index is 12.3. The molecule has 0 spiro atoms. The highest BCUT2D eigenvalue weighted by molar-refractivity contribution is 7.89. The normalized spacial score (nSPS) is 11.0. The van der Waals surface area contributed by atoms with Gasteiger partial charge in [-0.05, 0) is 42.5 Å². The fourth-order valence-electron chi connectivity index (χ4n) is 2.74. The van der Waals surface area contributed by atoms with Crippen LogP contribution < -0.4 is 10.0 Å². The fraction of sp³-hybridized carbons (Fsp3) is 0.190. The van der Waals surface area contributed by atoms with Crippen LogP contribution in [0.4, 0.5) is 0 Å². The summed E-state index contributed by atoms with van der Waals surface area (Å²) in [4.78, 5) is 12.3. The number of hydrogen-bond donors (Lipinski definition) is 2. The lowest BCUT2D eigenvalue weighted by Crippen LogP contribution is -2.26. The second-order valence-corrected chi connectivity index (χ2v) is 8.19. The summed E-state index contributed by atoms with van der Waals surface area (Å²) in [5.74, 6) is -0.293. The smallest absolute Gasteiger partial charge is 0.251 e. The van der Waals surface area contributed by atoms with Crippen LogP contribution in [-0.4, -0.2) is 37.2 Å². The first-order chi connectivity index (χ1) is 14.5. The molecule has 30 heavy (non-hydrogen) atoms. The third-order valence-electron chi connectivity index (χ3n) is 4.29. The highest BCUT2D eigenvalue weighted by Crippen LogP contribution is 2.11. The molecule has 0 saturated heterocycles. The van der Waals surface area contributed by atoms with Gasteiger partial charge in [0.15, 0.2) is 0 Å². The van der Waals surface area contributed by atoms with E-state index in [0.29, 0.717) is 18.5 Å². The number of hydrogen-bond acceptors (Lipinski definition) is 5. The van der Waals surface area contributed by atoms with Gasteiger partial charge in [-0.2, -0.15) is 10.4 Å². The summed E-state index contributed by atoms with van der Waals surface area (Å²) < 4.78 is 28.3. The van der Waals surface area contributed by atoms with Crippen LogP contribution >= 0.6 is 0 Å². The molecule has 0 aliphatic carbocycles. The summed E-state index contributed by atoms with van der Waals surface area (Å²) >= 11 is 0. The van der Waals surface area contributed by atoms with E-state index in [0.717, 1.165) is 11.4 Å². The van der Waals surface area contributed by atoms with Crippen LogP contribution in [0.1, 0.15) is 22.5 Å². The van der Waals surface area contributed by atoms with Gasteiger partial charge in [0.25, 0.3) is 5.91 Å². The summed E-state index contributed by atoms with van der Waals surface area (Å²) in [5.41, 5.74) is 2.18. The van der Waals surface area contributed by atoms with E-state index >= 15 is 0 Å². The van der Waals surface area contributed by atoms with Gasteiger partial charge in [-0.15, -0.1) is 0 Å². The van der Waals surface area contributed by atoms with Crippen molar-refractivity contribution in [3.63, 3.8) is 0 Å². The van der Waals surface area contributed by atoms with Gasteiger partial charge < -0.3 is 5.32 Å². The second-order valence-electron chi connectivity index (χ2n) is 6.42. The van der Waals surface area contributed by atoms with Crippen molar-refractivity contribution in [2.24, 2.45) is 0 Å². The number of amides is 1. The molecular formula is C21H21N5O3S. The van der Waals surface area contributed by atoms with Crippen molar-refractivity contribution in [1.82, 2.24) is 19.8 Å². The summed E-state index contributed by atoms with van der Waals surface area (Å²) in [7, 11) is -3.69. The molecule has 1 amide bonds. The Morgan fingerprint density at radius 1 is 1.03 bits per heavy atom. The summed E-state index contributed by atoms with van der Waals surface area (Å²) in [6, 6.07) is 19.2. The van der Waals surface area contributed by atoms with Gasteiger partial charge >= 0.3 is 0 Å². The van der Waals surface area contributed by atoms with E-state index in [1.54, 1.807) is 4.68 Å². The Bertz CT molecular complexity index is 1130. The van der Waals surface area contributed by atoms with Gasteiger partial charge in [0.05, 0.1) is 22.3 Å². The molecule has 0 saturated carbocycles. The van der Waals surface area contributed by atoms with Gasteiger partial charge in [-0.25, -0.2) is 17.8 Å². The number of rotatable bonds is 9. The minimum atomic E-state index is -3.69. The number of benzene rings is 2. The third kappa shape index (κ3) is 5.53. The lowest BCUT2D eigenvalue weighted by molar-refractivity contribution is 0.0954. The molecule has 9 heteroatoms. The maximum Gasteiger partial charge on any atom is 0.251 e. The number of carbonyl (C=O) groups is 1. The SMILES string of the molecule is N#CCCNS(=O)(=O)c1ccc(C(=O)NCCc2ccn(-c3ccccc3)n2)cc1. The largest absolute Gasteiger partial charge is 0.352 e. The van der Waals surface area contributed by atoms with Gasteiger partial charge in [0.2, 0.25) is 10.0 Å². The predicted molar refractivity (Wildman–Crippen MR) is 111 cm³/mol. The Hall–Kier alpha value is -3.48. The predicted octanol–water partition coefficient (Wildman–Crippen LogP) is 2.04. The summed E-state index contributed by atoms with van der Waals surface area (Å²) in [6.07, 6.45) is 2.53. The second kappa shape index (κ2) is 9.82. The molecule has 0 radical (unpaired) electrons. The van der Waals surface area contributed by atoms with Crippen molar-refractivity contribution in [3.8, 4) is 11.8 Å². The highest BCUT2D eigenvalue weighted by atomic mass is 32.2. The van der Waals surface area contributed by atoms with Gasteiger partial charge in [-0.1, -0.05) is 18.2 Å². The standard InChI is InChI=1S/C21H21N5O3S/c22-13-4-14-24-30(28,29)20-9-7-17(8-10-20)21(27)23-15-11-18-12-16-26(25-18)19-5-2-1-3-6-19/h1-3,5-10,12,16,24H,4,11,14-15H2,(H,23,27). The summed E-state index contributed by atoms with van der Waals surface area (Å²) in [6.45, 7) is 0.446. The van der Waals surface area contributed by atoms with Crippen LogP contribution in [0, 0.1) is 11.3 Å². The minimum absolute atomic E-state index is 0.0428. The van der Waals surface area contributed by atoms with Gasteiger partial charge in [0.1, 0.15) is 0 Å². The molecule has 154 valence electrons. The fourth-order valence-corrected chi connectivity index (χ4v) is 3.77. The molecule has 1 aromatic heterocycles. The highest BCUT2D eigenvalue weighted by Gasteiger charge is 2.14. The van der Waals surface area contributed by atoms with E-state index in [4.69, 9.17) is 5.26 Å². The van der Waals surface area contributed by atoms with Crippen molar-refractivity contribution < 1.29 is 13.2 Å². The molecule has 8 nitrogen and oxygen atoms in total. The minimum Gasteiger partial charge on any atom is -0.352 e. The first kappa shape index (κ1) is 21.2. The number of nitriles is 1. The number of nitrogens with zero attached hydrogens (tertiary/aromatic N) is 3. The molecule has 0 aliphatic rings. The molecule has 0 aliphatic heterocycles. The molecule has 0 unspecified atom stereocenters. The molecule has 0 fully saturated rings. The zero-order valence-electron chi connectivity index (χ0n) is 16.2. The van der Waals surface area contributed by atoms with Crippen molar-refractivity contribution in [1.29, 1.82) is 5.26 Å². The zero-order chi connectivity index (χ0) is 21.4. The van der Waals surface area contributed by atoms with E-state index in [1.165, 1.54) is 24.3 Å². The number of para-hydroxylation sites is 1. The van der Waals surface area contributed by atoms with Gasteiger partial charge in [0, 0.05) is 37.7 Å². The van der Waals surface area contributed by atoms with Crippen LogP contribution in [0.3, 0.4) is 0 Å². The molecule has 0 bridgehead atoms. The van der Waals surface area contributed by atoms with E-state index in [-0.39, 0.29) is 23.8 Å². The lowest BCUT2D eigenvalue weighted by Gasteiger charge is -2.07. The molecule has 0 atom stereocenters. The van der Waals surface area contributed by atoms with Crippen molar-refractivity contribution in [2.45, 2.75) is 17.7 Å². The summed E-state index contributed by atoms with van der Waals surface area (Å²) in [5, 5.41) is 15.8. The Kier molecular flexibility index (Phi) is 6.95. The first-order valence-corrected chi connectivity index (χ1v) is 10.8. The van der Waals surface area contributed by atoms with Crippen molar-refractivity contribution >= 4 is 15.9 Å². The third-order valence-corrected chi connectivity index (χ3v) is 5.76. The van der Waals surface area contributed by atoms with Crippen molar-refractivity contribution in [2.75, 3.05) is 13.1 Å². The molecule has 1 heterocycles. The molecule has 2 N–H and O–H groups in total. The topological polar surface area (TPSA) is 117 Å². The number of sulfonamides is 1. The Balaban J connectivity index is 1.52. The molecule has 3 rings (SSSR count). The average Bonchev–Trinajstić information content (AvgIpc) is 3.23. The number of aromatic nitrogens is 2. The molecule has 2 aromatic carbocycles. The molecule has 3 aromatic rings. The Labute approximate surface area is 175 Å². The first-order valence-electron chi connectivity index (χ1n) is 9.34. The quantitative estimate of drug-likeness (QED) is 0.511. The van der Waals surface area contributed by atoms with Crippen LogP contribution in [0.15, 0.2) is 71.8 Å². The number of nitrogens with one attached hydrogen (secondary N) is 2. The lowest BCUT2D eigenvalue weighted by atomic mass is 10.2. The van der Waals surface area contributed by atoms with Crippen LogP contribution in [0.2, 0.25) is 0 Å². The van der Waals surface area contributed by atoms with Gasteiger partial charge in [-0.3, -0.25) is 4.79 Å². The van der Waals surface area contributed by atoms with Crippen LogP contribution in [-0.2, 0) is 16.4 Å². The number of carbonyl (C=O) groups excluding carboxylic acids is 1. The van der Waals surface area contributed by atoms with Crippen molar-refractivity contribution in [3.05, 3.63) is 78.1 Å². The van der Waals surface area contributed by atoms with Crippen LogP contribution in [0.25, 0.3) is 5.69 Å². The van der Waals surface area contributed by atoms with E-state index in [9.17, 15) is 13.2 Å². The van der Waals surface area contributed by atoms with E-state index in [2.05, 4.69) is 15.1 Å². The van der Waals surface area contributed by atoms with E-state index in [1.807, 2.05) is 48.7 Å². The van der Waals surface area contributed by atoms with E-state index < -0.39 is 10.0 Å². The zero-order valence-corrected chi connectivity index (χ0v) is 17.0. The Morgan fingerprint density at radius 2 is 1.77 bits per heavy atom. The maximum atomic E-state index is 12.3. The average molecular weight is 423 g/mol. The monoisotopic (exact) mass is 423 g/mol. The Morgan fingerprint density at radius 3 is 2.47 bits per heavy atom.